The van der Waals surface area contributed by atoms with Crippen molar-refractivity contribution < 1.29 is 0 Å². The standard InChI is InChI=1S/C15H14ClN3/c16-14-5-1-3-13(11-14)4-2-7-18-9-10-19-8-6-17-15(19)12-18/h1,3,5-6,8,11H,7,9-10,12H2. The highest BCUT2D eigenvalue weighted by molar-refractivity contribution is 6.30. The Morgan fingerprint density at radius 1 is 1.32 bits per heavy atom. The van der Waals surface area contributed by atoms with E-state index in [2.05, 4.69) is 26.3 Å². The lowest BCUT2D eigenvalue weighted by molar-refractivity contribution is 0.243. The summed E-state index contributed by atoms with van der Waals surface area (Å²) in [5.74, 6) is 7.47. The van der Waals surface area contributed by atoms with Crippen molar-refractivity contribution in [2.75, 3.05) is 13.1 Å². The number of benzene rings is 1. The summed E-state index contributed by atoms with van der Waals surface area (Å²) in [5.41, 5.74) is 0.964. The molecule has 3 rings (SSSR count). The van der Waals surface area contributed by atoms with Gasteiger partial charge in [0.1, 0.15) is 5.82 Å². The molecule has 1 aliphatic heterocycles. The summed E-state index contributed by atoms with van der Waals surface area (Å²) >= 11 is 5.93. The lowest BCUT2D eigenvalue weighted by Gasteiger charge is -2.25. The van der Waals surface area contributed by atoms with Crippen LogP contribution in [0.25, 0.3) is 0 Å². The number of imidazole rings is 1. The molecule has 1 aromatic heterocycles. The molecule has 0 bridgehead atoms. The first-order valence-electron chi connectivity index (χ1n) is 6.28. The van der Waals surface area contributed by atoms with Gasteiger partial charge in [0.2, 0.25) is 0 Å². The van der Waals surface area contributed by atoms with Crippen molar-refractivity contribution in [3.63, 3.8) is 0 Å². The molecule has 96 valence electrons. The molecule has 0 amide bonds. The van der Waals surface area contributed by atoms with Gasteiger partial charge in [-0.15, -0.1) is 0 Å². The number of aromatic nitrogens is 2. The summed E-state index contributed by atoms with van der Waals surface area (Å²) in [5, 5.41) is 0.729. The molecule has 0 aliphatic carbocycles. The first-order chi connectivity index (χ1) is 9.31. The highest BCUT2D eigenvalue weighted by atomic mass is 35.5. The fourth-order valence-electron chi connectivity index (χ4n) is 2.18. The van der Waals surface area contributed by atoms with Crippen molar-refractivity contribution in [2.24, 2.45) is 0 Å². The molecule has 0 fully saturated rings. The molecular formula is C15H14ClN3. The van der Waals surface area contributed by atoms with Gasteiger partial charge < -0.3 is 4.57 Å². The first kappa shape index (κ1) is 12.3. The summed E-state index contributed by atoms with van der Waals surface area (Å²) in [6.45, 7) is 3.65. The fourth-order valence-corrected chi connectivity index (χ4v) is 2.37. The molecule has 0 unspecified atom stereocenters. The maximum absolute atomic E-state index is 5.93. The number of hydrogen-bond acceptors (Lipinski definition) is 2. The Kier molecular flexibility index (Phi) is 3.54. The summed E-state index contributed by atoms with van der Waals surface area (Å²) < 4.78 is 2.20. The van der Waals surface area contributed by atoms with E-state index in [0.717, 1.165) is 42.6 Å². The van der Waals surface area contributed by atoms with Gasteiger partial charge in [-0.25, -0.2) is 4.98 Å². The van der Waals surface area contributed by atoms with Crippen molar-refractivity contribution in [3.05, 3.63) is 53.1 Å². The number of fused-ring (bicyclic) bond motifs is 1. The third kappa shape index (κ3) is 2.98. The smallest absolute Gasteiger partial charge is 0.122 e. The topological polar surface area (TPSA) is 21.1 Å². The Labute approximate surface area is 117 Å². The highest BCUT2D eigenvalue weighted by Gasteiger charge is 2.14. The first-order valence-corrected chi connectivity index (χ1v) is 6.66. The Bertz CT molecular complexity index is 636. The molecule has 1 aliphatic rings. The van der Waals surface area contributed by atoms with Crippen LogP contribution in [0.2, 0.25) is 5.02 Å². The van der Waals surface area contributed by atoms with Crippen LogP contribution in [-0.2, 0) is 13.1 Å². The molecule has 0 N–H and O–H groups in total. The Morgan fingerprint density at radius 3 is 3.16 bits per heavy atom. The average molecular weight is 272 g/mol. The molecule has 2 heterocycles. The van der Waals surface area contributed by atoms with Gasteiger partial charge in [-0.2, -0.15) is 0 Å². The predicted octanol–water partition coefficient (Wildman–Crippen LogP) is 2.40. The number of halogens is 1. The lowest BCUT2D eigenvalue weighted by atomic mass is 10.2. The largest absolute Gasteiger partial charge is 0.333 e. The van der Waals surface area contributed by atoms with E-state index in [1.807, 2.05) is 36.7 Å². The van der Waals surface area contributed by atoms with Gasteiger partial charge >= 0.3 is 0 Å². The van der Waals surface area contributed by atoms with Crippen LogP contribution >= 0.6 is 11.6 Å². The van der Waals surface area contributed by atoms with Gasteiger partial charge in [0, 0.05) is 36.1 Å². The van der Waals surface area contributed by atoms with Crippen LogP contribution in [-0.4, -0.2) is 27.5 Å². The predicted molar refractivity (Wildman–Crippen MR) is 75.8 cm³/mol. The van der Waals surface area contributed by atoms with E-state index in [1.54, 1.807) is 0 Å². The lowest BCUT2D eigenvalue weighted by Crippen LogP contribution is -2.33. The molecule has 0 radical (unpaired) electrons. The van der Waals surface area contributed by atoms with E-state index < -0.39 is 0 Å². The van der Waals surface area contributed by atoms with Crippen molar-refractivity contribution in [2.45, 2.75) is 13.1 Å². The minimum Gasteiger partial charge on any atom is -0.333 e. The van der Waals surface area contributed by atoms with E-state index in [1.165, 1.54) is 0 Å². The Morgan fingerprint density at radius 2 is 2.26 bits per heavy atom. The zero-order valence-electron chi connectivity index (χ0n) is 10.5. The van der Waals surface area contributed by atoms with E-state index >= 15 is 0 Å². The van der Waals surface area contributed by atoms with Crippen LogP contribution in [0, 0.1) is 11.8 Å². The molecule has 1 aromatic carbocycles. The van der Waals surface area contributed by atoms with Gasteiger partial charge in [-0.3, -0.25) is 4.90 Å². The summed E-state index contributed by atoms with van der Waals surface area (Å²) in [6.07, 6.45) is 3.89. The maximum atomic E-state index is 5.93. The van der Waals surface area contributed by atoms with Crippen LogP contribution in [0.4, 0.5) is 0 Å². The molecular weight excluding hydrogens is 258 g/mol. The molecule has 19 heavy (non-hydrogen) atoms. The highest BCUT2D eigenvalue weighted by Crippen LogP contribution is 2.10. The van der Waals surface area contributed by atoms with E-state index in [-0.39, 0.29) is 0 Å². The monoisotopic (exact) mass is 271 g/mol. The summed E-state index contributed by atoms with van der Waals surface area (Å²) in [7, 11) is 0. The van der Waals surface area contributed by atoms with Crippen molar-refractivity contribution in [1.82, 2.24) is 14.5 Å². The van der Waals surface area contributed by atoms with Crippen LogP contribution in [0.3, 0.4) is 0 Å². The Hall–Kier alpha value is -1.76. The number of hydrogen-bond donors (Lipinski definition) is 0. The molecule has 0 saturated heterocycles. The maximum Gasteiger partial charge on any atom is 0.122 e. The third-order valence-corrected chi connectivity index (χ3v) is 3.42. The van der Waals surface area contributed by atoms with Crippen LogP contribution < -0.4 is 0 Å². The fraction of sp³-hybridized carbons (Fsp3) is 0.267. The second kappa shape index (κ2) is 5.48. The second-order valence-electron chi connectivity index (χ2n) is 4.56. The molecule has 4 heteroatoms. The summed E-state index contributed by atoms with van der Waals surface area (Å²) in [4.78, 5) is 6.65. The van der Waals surface area contributed by atoms with Gasteiger partial charge in [0.05, 0.1) is 13.1 Å². The van der Waals surface area contributed by atoms with Crippen molar-refractivity contribution in [3.8, 4) is 11.8 Å². The van der Waals surface area contributed by atoms with Crippen LogP contribution in [0.1, 0.15) is 11.4 Å². The quantitative estimate of drug-likeness (QED) is 0.743. The van der Waals surface area contributed by atoms with Gasteiger partial charge in [0.25, 0.3) is 0 Å². The van der Waals surface area contributed by atoms with Crippen LogP contribution in [0.15, 0.2) is 36.7 Å². The number of nitrogens with zero attached hydrogens (tertiary/aromatic N) is 3. The Balaban J connectivity index is 1.62. The van der Waals surface area contributed by atoms with Gasteiger partial charge in [-0.1, -0.05) is 29.5 Å². The van der Waals surface area contributed by atoms with Crippen LogP contribution in [0.5, 0.6) is 0 Å². The normalized spacial score (nSPS) is 14.6. The van der Waals surface area contributed by atoms with Gasteiger partial charge in [-0.05, 0) is 18.2 Å². The molecule has 2 aromatic rings. The third-order valence-electron chi connectivity index (χ3n) is 3.18. The summed E-state index contributed by atoms with van der Waals surface area (Å²) in [6, 6.07) is 7.64. The zero-order valence-corrected chi connectivity index (χ0v) is 11.3. The van der Waals surface area contributed by atoms with Gasteiger partial charge in [0.15, 0.2) is 0 Å². The van der Waals surface area contributed by atoms with E-state index in [0.29, 0.717) is 0 Å². The molecule has 3 nitrogen and oxygen atoms in total. The molecule has 0 atom stereocenters. The average Bonchev–Trinajstić information content (AvgIpc) is 2.86. The second-order valence-corrected chi connectivity index (χ2v) is 5.00. The minimum atomic E-state index is 0.729. The zero-order chi connectivity index (χ0) is 13.1. The number of rotatable bonds is 1. The van der Waals surface area contributed by atoms with Crippen molar-refractivity contribution >= 4 is 11.6 Å². The SMILES string of the molecule is Clc1cccc(C#CCN2CCn3ccnc3C2)c1. The molecule has 0 spiro atoms. The van der Waals surface area contributed by atoms with E-state index in [9.17, 15) is 0 Å². The minimum absolute atomic E-state index is 0.729. The van der Waals surface area contributed by atoms with E-state index in [4.69, 9.17) is 11.6 Å². The molecule has 0 saturated carbocycles. The van der Waals surface area contributed by atoms with Crippen molar-refractivity contribution in [1.29, 1.82) is 0 Å².